The van der Waals surface area contributed by atoms with Crippen molar-refractivity contribution < 1.29 is 13.2 Å². The maximum atomic E-state index is 12.0. The van der Waals surface area contributed by atoms with Crippen LogP contribution in [0.5, 0.6) is 0 Å². The van der Waals surface area contributed by atoms with E-state index in [1.165, 1.54) is 0 Å². The van der Waals surface area contributed by atoms with Gasteiger partial charge >= 0.3 is 6.18 Å². The highest BCUT2D eigenvalue weighted by Crippen LogP contribution is 2.47. The maximum Gasteiger partial charge on any atom is 0.437 e. The molecule has 3 nitrogen and oxygen atoms in total. The Balaban J connectivity index is 2.42. The first kappa shape index (κ1) is 8.45. The fourth-order valence-corrected chi connectivity index (χ4v) is 0.764. The van der Waals surface area contributed by atoms with Crippen LogP contribution < -0.4 is 5.73 Å². The summed E-state index contributed by atoms with van der Waals surface area (Å²) in [5.41, 5.74) is 2.97. The third kappa shape index (κ3) is 1.50. The molecule has 6 heteroatoms. The summed E-state index contributed by atoms with van der Waals surface area (Å²) in [4.78, 5) is 0. The first-order valence-electron chi connectivity index (χ1n) is 3.23. The van der Waals surface area contributed by atoms with Crippen molar-refractivity contribution in [1.82, 2.24) is 0 Å². The van der Waals surface area contributed by atoms with Gasteiger partial charge in [-0.15, -0.1) is 10.2 Å². The molecule has 0 radical (unpaired) electrons. The van der Waals surface area contributed by atoms with E-state index < -0.39 is 11.8 Å². The third-order valence-electron chi connectivity index (χ3n) is 1.52. The van der Waals surface area contributed by atoms with Gasteiger partial charge in [-0.1, -0.05) is 0 Å². The average molecular weight is 167 g/mol. The molecule has 0 fully saturated rings. The van der Waals surface area contributed by atoms with Crippen LogP contribution in [0.25, 0.3) is 0 Å². The summed E-state index contributed by atoms with van der Waals surface area (Å²) in [6.07, 6.45) is -4.15. The minimum atomic E-state index is -4.33. The summed E-state index contributed by atoms with van der Waals surface area (Å²) < 4.78 is 36.0. The van der Waals surface area contributed by atoms with Gasteiger partial charge < -0.3 is 5.73 Å². The van der Waals surface area contributed by atoms with E-state index in [1.807, 2.05) is 0 Å². The molecule has 0 atom stereocenters. The Morgan fingerprint density at radius 1 is 1.27 bits per heavy atom. The van der Waals surface area contributed by atoms with Crippen molar-refractivity contribution in [2.45, 2.75) is 24.7 Å². The second-order valence-corrected chi connectivity index (χ2v) is 2.41. The highest BCUT2D eigenvalue weighted by atomic mass is 19.4. The number of rotatable bonds is 3. The Morgan fingerprint density at radius 3 is 2.09 bits per heavy atom. The molecule has 1 aliphatic rings. The second-order valence-electron chi connectivity index (χ2n) is 2.41. The van der Waals surface area contributed by atoms with Crippen molar-refractivity contribution in [3.63, 3.8) is 0 Å². The molecule has 0 aromatic rings. The van der Waals surface area contributed by atoms with Crippen molar-refractivity contribution in [2.24, 2.45) is 16.0 Å². The minimum absolute atomic E-state index is 0.118. The number of hydrogen-bond acceptors (Lipinski definition) is 3. The summed E-state index contributed by atoms with van der Waals surface area (Å²) in [5, 5.41) is 5.97. The molecule has 0 aromatic heterocycles. The van der Waals surface area contributed by atoms with Crippen LogP contribution in [-0.2, 0) is 0 Å². The molecule has 1 rings (SSSR count). The highest BCUT2D eigenvalue weighted by molar-refractivity contribution is 4.99. The number of halogens is 3. The number of alkyl halides is 3. The van der Waals surface area contributed by atoms with E-state index in [4.69, 9.17) is 5.73 Å². The maximum absolute atomic E-state index is 12.0. The van der Waals surface area contributed by atoms with Gasteiger partial charge in [0.25, 0.3) is 5.66 Å². The zero-order valence-corrected chi connectivity index (χ0v) is 5.73. The average Bonchev–Trinajstić information content (AvgIpc) is 2.61. The van der Waals surface area contributed by atoms with Crippen molar-refractivity contribution >= 4 is 0 Å². The number of nitrogens with zero attached hydrogens (tertiary/aromatic N) is 2. The number of nitrogens with two attached hydrogens (primary N) is 1. The molecular formula is C5H8F3N3. The van der Waals surface area contributed by atoms with E-state index in [-0.39, 0.29) is 13.0 Å². The van der Waals surface area contributed by atoms with Crippen LogP contribution >= 0.6 is 0 Å². The Bertz CT molecular complexity index is 168. The predicted molar refractivity (Wildman–Crippen MR) is 31.9 cm³/mol. The molecule has 0 aromatic carbocycles. The Morgan fingerprint density at radius 2 is 1.82 bits per heavy atom. The number of hydrogen-bond donors (Lipinski definition) is 1. The Hall–Kier alpha value is -0.650. The van der Waals surface area contributed by atoms with Gasteiger partial charge in [-0.25, -0.2) is 0 Å². The van der Waals surface area contributed by atoms with Crippen molar-refractivity contribution in [3.05, 3.63) is 0 Å². The fourth-order valence-electron chi connectivity index (χ4n) is 0.764. The van der Waals surface area contributed by atoms with Crippen molar-refractivity contribution in [3.8, 4) is 0 Å². The van der Waals surface area contributed by atoms with Crippen molar-refractivity contribution in [1.29, 1.82) is 0 Å². The quantitative estimate of drug-likeness (QED) is 0.679. The van der Waals surface area contributed by atoms with E-state index in [1.54, 1.807) is 0 Å². The summed E-state index contributed by atoms with van der Waals surface area (Å²) in [6, 6.07) is 0. The molecule has 2 N–H and O–H groups in total. The van der Waals surface area contributed by atoms with E-state index in [0.29, 0.717) is 6.42 Å². The monoisotopic (exact) mass is 167 g/mol. The van der Waals surface area contributed by atoms with Gasteiger partial charge in [0.05, 0.1) is 0 Å². The molecule has 1 heterocycles. The molecule has 64 valence electrons. The topological polar surface area (TPSA) is 50.7 Å². The van der Waals surface area contributed by atoms with Crippen LogP contribution in [0.2, 0.25) is 0 Å². The predicted octanol–water partition coefficient (Wildman–Crippen LogP) is 1.45. The van der Waals surface area contributed by atoms with Gasteiger partial charge in [-0.3, -0.25) is 0 Å². The van der Waals surface area contributed by atoms with Crippen LogP contribution in [0.3, 0.4) is 0 Å². The molecule has 0 aliphatic carbocycles. The molecule has 0 saturated heterocycles. The molecular weight excluding hydrogens is 159 g/mol. The minimum Gasteiger partial charge on any atom is -0.330 e. The standard InChI is InChI=1S/C5H8F3N3/c6-5(7,8)4(10-11-4)2-1-3-9/h1-3,9H2. The summed E-state index contributed by atoms with van der Waals surface area (Å²) in [5.74, 6) is 0. The van der Waals surface area contributed by atoms with Crippen LogP contribution in [0.4, 0.5) is 13.2 Å². The Labute approximate surface area is 61.5 Å². The summed E-state index contributed by atoms with van der Waals surface area (Å²) in [6.45, 7) is 0.239. The normalized spacial score (nSPS) is 20.4. The lowest BCUT2D eigenvalue weighted by atomic mass is 10.1. The Kier molecular flexibility index (Phi) is 1.87. The SMILES string of the molecule is NCCCC1(C(F)(F)F)N=N1. The lowest BCUT2D eigenvalue weighted by Crippen LogP contribution is -2.33. The first-order chi connectivity index (χ1) is 5.02. The fraction of sp³-hybridized carbons (Fsp3) is 1.00. The first-order valence-corrected chi connectivity index (χ1v) is 3.23. The molecule has 1 aliphatic heterocycles. The lowest BCUT2D eigenvalue weighted by molar-refractivity contribution is -0.165. The molecule has 11 heavy (non-hydrogen) atoms. The van der Waals surface area contributed by atoms with Crippen LogP contribution in [0.1, 0.15) is 12.8 Å². The van der Waals surface area contributed by atoms with E-state index in [0.717, 1.165) is 0 Å². The van der Waals surface area contributed by atoms with Crippen LogP contribution in [-0.4, -0.2) is 18.4 Å². The van der Waals surface area contributed by atoms with Crippen molar-refractivity contribution in [2.75, 3.05) is 6.54 Å². The van der Waals surface area contributed by atoms with Gasteiger partial charge in [0.2, 0.25) is 0 Å². The van der Waals surface area contributed by atoms with Gasteiger partial charge in [0.1, 0.15) is 0 Å². The summed E-state index contributed by atoms with van der Waals surface area (Å²) >= 11 is 0. The summed E-state index contributed by atoms with van der Waals surface area (Å²) in [7, 11) is 0. The smallest absolute Gasteiger partial charge is 0.330 e. The van der Waals surface area contributed by atoms with Gasteiger partial charge in [-0.2, -0.15) is 13.2 Å². The van der Waals surface area contributed by atoms with Gasteiger partial charge in [0.15, 0.2) is 0 Å². The third-order valence-corrected chi connectivity index (χ3v) is 1.52. The van der Waals surface area contributed by atoms with Gasteiger partial charge in [0, 0.05) is 6.42 Å². The van der Waals surface area contributed by atoms with E-state index in [2.05, 4.69) is 10.2 Å². The second kappa shape index (κ2) is 2.44. The van der Waals surface area contributed by atoms with Crippen LogP contribution in [0.15, 0.2) is 10.2 Å². The molecule has 0 unspecified atom stereocenters. The molecule has 0 bridgehead atoms. The highest BCUT2D eigenvalue weighted by Gasteiger charge is 2.62. The van der Waals surface area contributed by atoms with E-state index >= 15 is 0 Å². The van der Waals surface area contributed by atoms with E-state index in [9.17, 15) is 13.2 Å². The zero-order valence-electron chi connectivity index (χ0n) is 5.73. The lowest BCUT2D eigenvalue weighted by Gasteiger charge is -2.12. The zero-order chi connectivity index (χ0) is 8.54. The molecule has 0 saturated carbocycles. The van der Waals surface area contributed by atoms with Crippen LogP contribution in [0, 0.1) is 0 Å². The van der Waals surface area contributed by atoms with Gasteiger partial charge in [-0.05, 0) is 13.0 Å². The molecule has 0 spiro atoms. The molecule has 0 amide bonds. The largest absolute Gasteiger partial charge is 0.437 e.